The molecule has 8 nitrogen and oxygen atoms in total. The summed E-state index contributed by atoms with van der Waals surface area (Å²) in [6.07, 6.45) is 0. The smallest absolute Gasteiger partial charge is 0.259 e. The molecular formula is C20H24F2N2O6S. The zero-order chi connectivity index (χ0) is 23.0. The Labute approximate surface area is 179 Å². The van der Waals surface area contributed by atoms with E-state index in [2.05, 4.69) is 10.0 Å². The van der Waals surface area contributed by atoms with Crippen LogP contribution in [0.3, 0.4) is 0 Å². The van der Waals surface area contributed by atoms with E-state index in [0.29, 0.717) is 19.3 Å². The molecule has 0 saturated heterocycles. The number of amides is 1. The Morgan fingerprint density at radius 1 is 1.10 bits per heavy atom. The highest BCUT2D eigenvalue weighted by molar-refractivity contribution is 7.89. The molecule has 1 amide bonds. The van der Waals surface area contributed by atoms with Gasteiger partial charge in [-0.25, -0.2) is 21.9 Å². The van der Waals surface area contributed by atoms with Gasteiger partial charge in [0.2, 0.25) is 10.0 Å². The summed E-state index contributed by atoms with van der Waals surface area (Å²) in [6, 6.07) is 5.80. The van der Waals surface area contributed by atoms with E-state index >= 15 is 0 Å². The van der Waals surface area contributed by atoms with Gasteiger partial charge in [-0.05, 0) is 37.3 Å². The van der Waals surface area contributed by atoms with Crippen molar-refractivity contribution in [3.63, 3.8) is 0 Å². The van der Waals surface area contributed by atoms with Gasteiger partial charge in [0.15, 0.2) is 0 Å². The van der Waals surface area contributed by atoms with Gasteiger partial charge in [0, 0.05) is 19.2 Å². The predicted octanol–water partition coefficient (Wildman–Crippen LogP) is 2.56. The van der Waals surface area contributed by atoms with Crippen LogP contribution in [0.1, 0.15) is 17.3 Å². The first kappa shape index (κ1) is 24.7. The summed E-state index contributed by atoms with van der Waals surface area (Å²) in [5.74, 6) is -2.52. The summed E-state index contributed by atoms with van der Waals surface area (Å²) in [6.45, 7) is 2.44. The Morgan fingerprint density at radius 3 is 2.48 bits per heavy atom. The zero-order valence-corrected chi connectivity index (χ0v) is 18.1. The average molecular weight is 458 g/mol. The number of ether oxygens (including phenoxy) is 3. The van der Waals surface area contributed by atoms with Crippen LogP contribution in [0, 0.1) is 11.6 Å². The first-order chi connectivity index (χ1) is 14.7. The van der Waals surface area contributed by atoms with Crippen molar-refractivity contribution < 1.29 is 36.2 Å². The van der Waals surface area contributed by atoms with Gasteiger partial charge in [0.05, 0.1) is 43.1 Å². The lowest BCUT2D eigenvalue weighted by molar-refractivity contribution is 0.0638. The molecule has 170 valence electrons. The van der Waals surface area contributed by atoms with Gasteiger partial charge >= 0.3 is 0 Å². The number of rotatable bonds is 11. The van der Waals surface area contributed by atoms with E-state index in [0.717, 1.165) is 18.2 Å². The van der Waals surface area contributed by atoms with Crippen molar-refractivity contribution in [1.82, 2.24) is 4.72 Å². The van der Waals surface area contributed by atoms with Crippen molar-refractivity contribution in [3.05, 3.63) is 53.6 Å². The summed E-state index contributed by atoms with van der Waals surface area (Å²) in [4.78, 5) is 12.4. The lowest BCUT2D eigenvalue weighted by Crippen LogP contribution is -2.36. The lowest BCUT2D eigenvalue weighted by Gasteiger charge is -2.16. The SMILES string of the molecule is COCCOC[C@H](C)NS(=O)(=O)c1ccc(OC)c(C(=O)Nc2ccc(F)cc2F)c1. The van der Waals surface area contributed by atoms with Crippen LogP contribution in [0.5, 0.6) is 5.75 Å². The maximum absolute atomic E-state index is 13.9. The van der Waals surface area contributed by atoms with Gasteiger partial charge < -0.3 is 19.5 Å². The second kappa shape index (κ2) is 11.1. The van der Waals surface area contributed by atoms with Crippen molar-refractivity contribution in [2.45, 2.75) is 17.9 Å². The maximum Gasteiger partial charge on any atom is 0.259 e. The highest BCUT2D eigenvalue weighted by atomic mass is 32.2. The Morgan fingerprint density at radius 2 is 1.84 bits per heavy atom. The number of anilines is 1. The molecule has 2 aromatic carbocycles. The Kier molecular flexibility index (Phi) is 8.87. The maximum atomic E-state index is 13.9. The molecule has 0 radical (unpaired) electrons. The van der Waals surface area contributed by atoms with Crippen molar-refractivity contribution in [1.29, 1.82) is 0 Å². The minimum atomic E-state index is -3.99. The second-order valence-corrected chi connectivity index (χ2v) is 8.24. The summed E-state index contributed by atoms with van der Waals surface area (Å²) in [5, 5.41) is 2.28. The highest BCUT2D eigenvalue weighted by Crippen LogP contribution is 2.25. The number of sulfonamides is 1. The molecule has 0 bridgehead atoms. The molecule has 0 aliphatic heterocycles. The van der Waals surface area contributed by atoms with E-state index in [4.69, 9.17) is 14.2 Å². The molecule has 1 atom stereocenters. The van der Waals surface area contributed by atoms with Gasteiger partial charge in [0.25, 0.3) is 5.91 Å². The van der Waals surface area contributed by atoms with E-state index in [9.17, 15) is 22.0 Å². The molecule has 0 aliphatic carbocycles. The first-order valence-corrected chi connectivity index (χ1v) is 10.7. The van der Waals surface area contributed by atoms with Crippen molar-refractivity contribution in [2.24, 2.45) is 0 Å². The second-order valence-electron chi connectivity index (χ2n) is 6.53. The lowest BCUT2D eigenvalue weighted by atomic mass is 10.1. The summed E-state index contributed by atoms with van der Waals surface area (Å²) in [7, 11) is -1.16. The van der Waals surface area contributed by atoms with Gasteiger partial charge in [-0.1, -0.05) is 0 Å². The third kappa shape index (κ3) is 6.96. The molecule has 0 heterocycles. The third-order valence-electron chi connectivity index (χ3n) is 4.06. The Hall–Kier alpha value is -2.60. The number of hydrogen-bond acceptors (Lipinski definition) is 6. The van der Waals surface area contributed by atoms with Crippen LogP contribution < -0.4 is 14.8 Å². The van der Waals surface area contributed by atoms with Crippen LogP contribution in [0.15, 0.2) is 41.3 Å². The number of hydrogen-bond donors (Lipinski definition) is 2. The first-order valence-electron chi connectivity index (χ1n) is 9.21. The molecule has 0 aromatic heterocycles. The van der Waals surface area contributed by atoms with E-state index < -0.39 is 33.6 Å². The Balaban J connectivity index is 2.21. The van der Waals surface area contributed by atoms with Crippen molar-refractivity contribution in [3.8, 4) is 5.75 Å². The minimum absolute atomic E-state index is 0.0786. The van der Waals surface area contributed by atoms with Gasteiger partial charge in [-0.2, -0.15) is 0 Å². The molecular weight excluding hydrogens is 434 g/mol. The minimum Gasteiger partial charge on any atom is -0.496 e. The van der Waals surface area contributed by atoms with E-state index in [1.807, 2.05) is 0 Å². The molecule has 31 heavy (non-hydrogen) atoms. The van der Waals surface area contributed by atoms with Crippen LogP contribution in [-0.2, 0) is 19.5 Å². The van der Waals surface area contributed by atoms with Gasteiger partial charge in [-0.3, -0.25) is 4.79 Å². The fourth-order valence-electron chi connectivity index (χ4n) is 2.58. The molecule has 0 saturated carbocycles. The number of carbonyl (C=O) groups excluding carboxylic acids is 1. The van der Waals surface area contributed by atoms with Crippen LogP contribution in [-0.4, -0.2) is 54.4 Å². The summed E-state index contributed by atoms with van der Waals surface area (Å²) in [5.41, 5.74) is -0.403. The molecule has 0 aliphatic rings. The van der Waals surface area contributed by atoms with Crippen LogP contribution >= 0.6 is 0 Å². The van der Waals surface area contributed by atoms with Crippen LogP contribution in [0.4, 0.5) is 14.5 Å². The standard InChI is InChI=1S/C20H24F2N2O6S/c1-13(12-30-9-8-28-2)24-31(26,27)15-5-7-19(29-3)16(11-15)20(25)23-18-6-4-14(21)10-17(18)22/h4-7,10-11,13,24H,8-9,12H2,1-3H3,(H,23,25)/t13-/m0/s1. The topological polar surface area (TPSA) is 103 Å². The van der Waals surface area contributed by atoms with E-state index in [1.165, 1.54) is 26.4 Å². The summed E-state index contributed by atoms with van der Waals surface area (Å²) >= 11 is 0. The molecule has 2 rings (SSSR count). The zero-order valence-electron chi connectivity index (χ0n) is 17.3. The molecule has 0 spiro atoms. The van der Waals surface area contributed by atoms with E-state index in [1.54, 1.807) is 6.92 Å². The summed E-state index contributed by atoms with van der Waals surface area (Å²) < 4.78 is 70.0. The number of methoxy groups -OCH3 is 2. The molecule has 0 fully saturated rings. The third-order valence-corrected chi connectivity index (χ3v) is 5.65. The fraction of sp³-hybridized carbons (Fsp3) is 0.350. The highest BCUT2D eigenvalue weighted by Gasteiger charge is 2.22. The number of benzene rings is 2. The normalized spacial score (nSPS) is 12.4. The molecule has 11 heteroatoms. The largest absolute Gasteiger partial charge is 0.496 e. The number of carbonyl (C=O) groups is 1. The Bertz CT molecular complexity index is 1020. The fourth-order valence-corrected chi connectivity index (χ4v) is 3.84. The molecule has 2 aromatic rings. The van der Waals surface area contributed by atoms with Crippen molar-refractivity contribution in [2.75, 3.05) is 39.4 Å². The van der Waals surface area contributed by atoms with Crippen molar-refractivity contribution >= 4 is 21.6 Å². The predicted molar refractivity (Wildman–Crippen MR) is 110 cm³/mol. The van der Waals surface area contributed by atoms with Gasteiger partial charge in [0.1, 0.15) is 17.4 Å². The quantitative estimate of drug-likeness (QED) is 0.502. The average Bonchev–Trinajstić information content (AvgIpc) is 2.72. The molecule has 2 N–H and O–H groups in total. The van der Waals surface area contributed by atoms with E-state index in [-0.39, 0.29) is 28.5 Å². The van der Waals surface area contributed by atoms with Crippen LogP contribution in [0.2, 0.25) is 0 Å². The number of nitrogens with one attached hydrogen (secondary N) is 2. The van der Waals surface area contributed by atoms with Gasteiger partial charge in [-0.15, -0.1) is 0 Å². The number of halogens is 2. The van der Waals surface area contributed by atoms with Crippen LogP contribution in [0.25, 0.3) is 0 Å². The monoisotopic (exact) mass is 458 g/mol. The molecule has 0 unspecified atom stereocenters.